The number of carbonyl (C=O) groups is 2. The highest BCUT2D eigenvalue weighted by Crippen LogP contribution is 2.36. The fourth-order valence-corrected chi connectivity index (χ4v) is 3.94. The van der Waals surface area contributed by atoms with Crippen molar-refractivity contribution >= 4 is 11.8 Å². The van der Waals surface area contributed by atoms with Crippen molar-refractivity contribution in [1.82, 2.24) is 10.6 Å². The number of aryl methyl sites for hydroxylation is 1. The van der Waals surface area contributed by atoms with Crippen molar-refractivity contribution in [2.24, 2.45) is 0 Å². The molecule has 1 aliphatic heterocycles. The van der Waals surface area contributed by atoms with Crippen molar-refractivity contribution in [3.63, 3.8) is 0 Å². The molecular weight excluding hydrogens is 324 g/mol. The van der Waals surface area contributed by atoms with Crippen LogP contribution in [0, 0.1) is 0 Å². The van der Waals surface area contributed by atoms with E-state index in [-0.39, 0.29) is 17.9 Å². The molecule has 134 valence electrons. The summed E-state index contributed by atoms with van der Waals surface area (Å²) in [5.41, 5.74) is 6.78. The Morgan fingerprint density at radius 2 is 1.96 bits per heavy atom. The Balaban J connectivity index is 1.29. The van der Waals surface area contributed by atoms with E-state index in [9.17, 15) is 9.59 Å². The SMILES string of the molecule is O=C1CC[C@@H](NC(=O)CCCc2ccc3c(c2)-c2ccccc2C3)CN1. The van der Waals surface area contributed by atoms with Crippen molar-refractivity contribution < 1.29 is 9.59 Å². The van der Waals surface area contributed by atoms with Crippen LogP contribution in [0.5, 0.6) is 0 Å². The summed E-state index contributed by atoms with van der Waals surface area (Å²) in [4.78, 5) is 23.3. The Morgan fingerprint density at radius 1 is 1.12 bits per heavy atom. The molecule has 1 atom stereocenters. The van der Waals surface area contributed by atoms with Crippen molar-refractivity contribution in [3.05, 3.63) is 59.2 Å². The lowest BCUT2D eigenvalue weighted by Gasteiger charge is -2.23. The zero-order chi connectivity index (χ0) is 17.9. The molecule has 1 heterocycles. The molecular formula is C22H24N2O2. The Bertz CT molecular complexity index is 834. The van der Waals surface area contributed by atoms with Crippen molar-refractivity contribution in [3.8, 4) is 11.1 Å². The summed E-state index contributed by atoms with van der Waals surface area (Å²) < 4.78 is 0. The first-order valence-electron chi connectivity index (χ1n) is 9.45. The van der Waals surface area contributed by atoms with Gasteiger partial charge in [-0.15, -0.1) is 0 Å². The molecule has 2 N–H and O–H groups in total. The van der Waals surface area contributed by atoms with Crippen LogP contribution in [0.4, 0.5) is 0 Å². The van der Waals surface area contributed by atoms with Gasteiger partial charge in [-0.25, -0.2) is 0 Å². The van der Waals surface area contributed by atoms with Crippen LogP contribution in [0.15, 0.2) is 42.5 Å². The zero-order valence-corrected chi connectivity index (χ0v) is 14.9. The summed E-state index contributed by atoms with van der Waals surface area (Å²) >= 11 is 0. The van der Waals surface area contributed by atoms with Crippen molar-refractivity contribution in [1.29, 1.82) is 0 Å². The first kappa shape index (κ1) is 16.8. The third kappa shape index (κ3) is 3.64. The summed E-state index contributed by atoms with van der Waals surface area (Å²) in [6.45, 7) is 0.550. The third-order valence-corrected chi connectivity index (χ3v) is 5.36. The highest BCUT2D eigenvalue weighted by molar-refractivity contribution is 5.79. The quantitative estimate of drug-likeness (QED) is 0.745. The van der Waals surface area contributed by atoms with Gasteiger partial charge in [0.15, 0.2) is 0 Å². The Morgan fingerprint density at radius 3 is 2.81 bits per heavy atom. The lowest BCUT2D eigenvalue weighted by Crippen LogP contribution is -2.47. The van der Waals surface area contributed by atoms with Crippen LogP contribution in [0.3, 0.4) is 0 Å². The first-order valence-corrected chi connectivity index (χ1v) is 9.45. The molecule has 2 aromatic carbocycles. The smallest absolute Gasteiger partial charge is 0.220 e. The predicted octanol–water partition coefficient (Wildman–Crippen LogP) is 2.98. The standard InChI is InChI=1S/C22H24N2O2/c25-21-11-10-18(14-23-21)24-22(26)7-3-4-15-8-9-17-13-16-5-1-2-6-19(16)20(17)12-15/h1-2,5-6,8-9,12,18H,3-4,7,10-11,13-14H2,(H,23,25)(H,24,26)/t18-/m1/s1. The van der Waals surface area contributed by atoms with Gasteiger partial charge in [0.05, 0.1) is 0 Å². The third-order valence-electron chi connectivity index (χ3n) is 5.36. The minimum absolute atomic E-state index is 0.0775. The molecule has 1 saturated heterocycles. The molecule has 2 aliphatic rings. The molecule has 1 aliphatic carbocycles. The van der Waals surface area contributed by atoms with Gasteiger partial charge in [-0.05, 0) is 53.5 Å². The van der Waals surface area contributed by atoms with Crippen LogP contribution in [-0.4, -0.2) is 24.4 Å². The van der Waals surface area contributed by atoms with E-state index in [1.165, 1.54) is 27.8 Å². The molecule has 26 heavy (non-hydrogen) atoms. The number of nitrogens with one attached hydrogen (secondary N) is 2. The fourth-order valence-electron chi connectivity index (χ4n) is 3.94. The number of benzene rings is 2. The van der Waals surface area contributed by atoms with Gasteiger partial charge >= 0.3 is 0 Å². The van der Waals surface area contributed by atoms with E-state index in [1.54, 1.807) is 0 Å². The second-order valence-electron chi connectivity index (χ2n) is 7.29. The minimum atomic E-state index is 0.0775. The number of carbonyl (C=O) groups excluding carboxylic acids is 2. The van der Waals surface area contributed by atoms with E-state index in [0.717, 1.165) is 25.7 Å². The van der Waals surface area contributed by atoms with Crippen LogP contribution < -0.4 is 10.6 Å². The topological polar surface area (TPSA) is 58.2 Å². The molecule has 0 aromatic heterocycles. The largest absolute Gasteiger partial charge is 0.354 e. The second kappa shape index (κ2) is 7.32. The van der Waals surface area contributed by atoms with Crippen LogP contribution in [-0.2, 0) is 22.4 Å². The summed E-state index contributed by atoms with van der Waals surface area (Å²) in [5.74, 6) is 0.159. The van der Waals surface area contributed by atoms with Gasteiger partial charge in [-0.3, -0.25) is 9.59 Å². The van der Waals surface area contributed by atoms with E-state index >= 15 is 0 Å². The molecule has 0 radical (unpaired) electrons. The monoisotopic (exact) mass is 348 g/mol. The lowest BCUT2D eigenvalue weighted by molar-refractivity contribution is -0.125. The van der Waals surface area contributed by atoms with Crippen LogP contribution >= 0.6 is 0 Å². The van der Waals surface area contributed by atoms with Gasteiger partial charge in [0.25, 0.3) is 0 Å². The van der Waals surface area contributed by atoms with Gasteiger partial charge in [0.2, 0.25) is 11.8 Å². The van der Waals surface area contributed by atoms with Crippen molar-refractivity contribution in [2.45, 2.75) is 44.6 Å². The first-order chi connectivity index (χ1) is 12.7. The summed E-state index contributed by atoms with van der Waals surface area (Å²) in [7, 11) is 0. The maximum atomic E-state index is 12.1. The molecule has 4 nitrogen and oxygen atoms in total. The van der Waals surface area contributed by atoms with Gasteiger partial charge in [-0.2, -0.15) is 0 Å². The second-order valence-corrected chi connectivity index (χ2v) is 7.29. The minimum Gasteiger partial charge on any atom is -0.354 e. The average molecular weight is 348 g/mol. The highest BCUT2D eigenvalue weighted by atomic mass is 16.2. The highest BCUT2D eigenvalue weighted by Gasteiger charge is 2.20. The normalized spacial score (nSPS) is 18.0. The van der Waals surface area contributed by atoms with Crippen LogP contribution in [0.1, 0.15) is 42.4 Å². The summed E-state index contributed by atoms with van der Waals surface area (Å²) in [6.07, 6.45) is 4.53. The summed E-state index contributed by atoms with van der Waals surface area (Å²) in [6, 6.07) is 15.4. The molecule has 4 heteroatoms. The maximum Gasteiger partial charge on any atom is 0.220 e. The molecule has 4 rings (SSSR count). The molecule has 2 aromatic rings. The summed E-state index contributed by atoms with van der Waals surface area (Å²) in [5, 5.41) is 5.82. The van der Waals surface area contributed by atoms with E-state index in [2.05, 4.69) is 53.1 Å². The molecule has 0 unspecified atom stereocenters. The van der Waals surface area contributed by atoms with Gasteiger partial charge in [0, 0.05) is 25.4 Å². The molecule has 0 bridgehead atoms. The Kier molecular flexibility index (Phi) is 4.74. The number of rotatable bonds is 5. The maximum absolute atomic E-state index is 12.1. The molecule has 2 amide bonds. The van der Waals surface area contributed by atoms with Gasteiger partial charge in [-0.1, -0.05) is 42.5 Å². The molecule has 0 saturated carbocycles. The number of hydrogen-bond acceptors (Lipinski definition) is 2. The van der Waals surface area contributed by atoms with E-state index < -0.39 is 0 Å². The van der Waals surface area contributed by atoms with Crippen molar-refractivity contribution in [2.75, 3.05) is 6.54 Å². The van der Waals surface area contributed by atoms with E-state index in [1.807, 2.05) is 0 Å². The fraction of sp³-hybridized carbons (Fsp3) is 0.364. The Labute approximate surface area is 154 Å². The van der Waals surface area contributed by atoms with Crippen LogP contribution in [0.2, 0.25) is 0 Å². The van der Waals surface area contributed by atoms with Gasteiger partial charge < -0.3 is 10.6 Å². The molecule has 1 fully saturated rings. The number of fused-ring (bicyclic) bond motifs is 3. The average Bonchev–Trinajstić information content (AvgIpc) is 3.02. The van der Waals surface area contributed by atoms with Gasteiger partial charge in [0.1, 0.15) is 0 Å². The zero-order valence-electron chi connectivity index (χ0n) is 14.9. The van der Waals surface area contributed by atoms with Crippen LogP contribution in [0.25, 0.3) is 11.1 Å². The van der Waals surface area contributed by atoms with E-state index in [0.29, 0.717) is 19.4 Å². The Hall–Kier alpha value is -2.62. The molecule has 0 spiro atoms. The lowest BCUT2D eigenvalue weighted by atomic mass is 10.00. The number of piperidine rings is 1. The van der Waals surface area contributed by atoms with E-state index in [4.69, 9.17) is 0 Å². The number of hydrogen-bond donors (Lipinski definition) is 2. The predicted molar refractivity (Wildman–Crippen MR) is 102 cm³/mol. The number of amides is 2.